The van der Waals surface area contributed by atoms with E-state index in [4.69, 9.17) is 15.0 Å². The van der Waals surface area contributed by atoms with Gasteiger partial charge in [-0.3, -0.25) is 0 Å². The molecule has 0 aliphatic carbocycles. The Labute approximate surface area is 196 Å². The zero-order valence-electron chi connectivity index (χ0n) is 21.9. The van der Waals surface area contributed by atoms with E-state index in [2.05, 4.69) is 97.2 Å². The molecule has 0 aliphatic rings. The smallest absolute Gasteiger partial charge is 0.230 e. The minimum absolute atomic E-state index is 0.0655. The van der Waals surface area contributed by atoms with Crippen molar-refractivity contribution in [2.24, 2.45) is 0 Å². The summed E-state index contributed by atoms with van der Waals surface area (Å²) in [6.07, 6.45) is 6.11. The van der Waals surface area contributed by atoms with Crippen molar-refractivity contribution in [2.45, 2.75) is 117 Å². The number of anilines is 3. The van der Waals surface area contributed by atoms with Crippen molar-refractivity contribution in [1.82, 2.24) is 15.0 Å². The molecule has 2 aromatic rings. The normalized spacial score (nSPS) is 12.7. The predicted octanol–water partition coefficient (Wildman–Crippen LogP) is 7.76. The van der Waals surface area contributed by atoms with Crippen molar-refractivity contribution >= 4 is 17.3 Å². The summed E-state index contributed by atoms with van der Waals surface area (Å²) < 4.78 is 0. The van der Waals surface area contributed by atoms with Crippen LogP contribution in [0, 0.1) is 0 Å². The predicted molar refractivity (Wildman–Crippen MR) is 138 cm³/mol. The first kappa shape index (κ1) is 26.1. The monoisotopic (exact) mass is 439 g/mol. The topological polar surface area (TPSA) is 62.7 Å². The van der Waals surface area contributed by atoms with Crippen LogP contribution in [0.25, 0.3) is 0 Å². The van der Waals surface area contributed by atoms with Crippen LogP contribution < -0.4 is 10.6 Å². The van der Waals surface area contributed by atoms with Gasteiger partial charge in [0.2, 0.25) is 5.95 Å². The quantitative estimate of drug-likeness (QED) is 0.354. The molecule has 1 aromatic carbocycles. The molecule has 0 saturated carbocycles. The largest absolute Gasteiger partial charge is 0.380 e. The van der Waals surface area contributed by atoms with Gasteiger partial charge in [-0.15, -0.1) is 0 Å². The highest BCUT2D eigenvalue weighted by atomic mass is 15.2. The fraction of sp³-hybridized carbons (Fsp3) is 0.667. The molecule has 178 valence electrons. The van der Waals surface area contributed by atoms with Gasteiger partial charge in [0.15, 0.2) is 0 Å². The Kier molecular flexibility index (Phi) is 8.67. The number of benzene rings is 1. The number of nitrogens with zero attached hydrogens (tertiary/aromatic N) is 3. The van der Waals surface area contributed by atoms with E-state index >= 15 is 0 Å². The van der Waals surface area contributed by atoms with Gasteiger partial charge >= 0.3 is 0 Å². The van der Waals surface area contributed by atoms with Gasteiger partial charge in [-0.25, -0.2) is 4.98 Å². The summed E-state index contributed by atoms with van der Waals surface area (Å²) in [5.41, 5.74) is 2.04. The van der Waals surface area contributed by atoms with Crippen molar-refractivity contribution < 1.29 is 0 Å². The number of rotatable bonds is 12. The van der Waals surface area contributed by atoms with Crippen LogP contribution in [0.5, 0.6) is 0 Å². The van der Waals surface area contributed by atoms with E-state index in [0.29, 0.717) is 5.95 Å². The lowest BCUT2D eigenvalue weighted by molar-refractivity contribution is 0.379. The van der Waals surface area contributed by atoms with Crippen LogP contribution in [-0.2, 0) is 10.8 Å². The molecule has 0 bridgehead atoms. The van der Waals surface area contributed by atoms with Crippen molar-refractivity contribution in [3.8, 4) is 0 Å². The Balaban J connectivity index is 2.48. The summed E-state index contributed by atoms with van der Waals surface area (Å²) in [6, 6.07) is 8.41. The van der Waals surface area contributed by atoms with Crippen molar-refractivity contribution in [3.05, 3.63) is 35.9 Å². The molecule has 2 rings (SSSR count). The van der Waals surface area contributed by atoms with E-state index in [-0.39, 0.29) is 16.4 Å². The van der Waals surface area contributed by atoms with Crippen LogP contribution in [0.2, 0.25) is 0 Å². The molecular formula is C27H45N5. The lowest BCUT2D eigenvalue weighted by atomic mass is 9.82. The number of hydrogen-bond donors (Lipinski definition) is 2. The molecule has 0 unspecified atom stereocenters. The van der Waals surface area contributed by atoms with Gasteiger partial charge in [0.05, 0.1) is 0 Å². The Morgan fingerprint density at radius 2 is 1.12 bits per heavy atom. The average molecular weight is 440 g/mol. The van der Waals surface area contributed by atoms with Crippen LogP contribution in [0.1, 0.15) is 112 Å². The molecule has 0 fully saturated rings. The number of nitrogens with one attached hydrogen (secondary N) is 2. The molecule has 0 amide bonds. The summed E-state index contributed by atoms with van der Waals surface area (Å²) in [7, 11) is 0. The van der Waals surface area contributed by atoms with Crippen molar-refractivity contribution in [1.29, 1.82) is 0 Å². The molecule has 0 radical (unpaired) electrons. The standard InChI is InChI=1S/C27H45N5/c1-10-25(7,11-2)22-29-23(26(8,12-3)13-4)31-24(30-22)28-20-17-16-18-21(19-20)32-27(9,14-5)15-6/h16-19,32H,10-15H2,1-9H3,(H,28,29,30,31). The molecule has 0 spiro atoms. The number of aromatic nitrogens is 3. The minimum atomic E-state index is -0.0655. The molecule has 1 heterocycles. The zero-order chi connectivity index (χ0) is 24.0. The molecule has 0 aliphatic heterocycles. The number of hydrogen-bond acceptors (Lipinski definition) is 5. The first-order valence-corrected chi connectivity index (χ1v) is 12.5. The van der Waals surface area contributed by atoms with Gasteiger partial charge in [-0.05, 0) is 63.6 Å². The van der Waals surface area contributed by atoms with Gasteiger partial charge in [-0.2, -0.15) is 9.97 Å². The van der Waals surface area contributed by atoms with Crippen molar-refractivity contribution in [2.75, 3.05) is 10.6 Å². The highest BCUT2D eigenvalue weighted by molar-refractivity contribution is 5.61. The highest BCUT2D eigenvalue weighted by Crippen LogP contribution is 2.34. The summed E-state index contributed by atoms with van der Waals surface area (Å²) in [6.45, 7) is 20.1. The fourth-order valence-electron chi connectivity index (χ4n) is 3.68. The third kappa shape index (κ3) is 5.79. The molecular weight excluding hydrogens is 394 g/mol. The molecule has 5 heteroatoms. The maximum atomic E-state index is 5.02. The second kappa shape index (κ2) is 10.6. The third-order valence-electron chi connectivity index (χ3n) is 7.96. The molecule has 1 aromatic heterocycles. The molecule has 5 nitrogen and oxygen atoms in total. The Hall–Kier alpha value is -2.17. The molecule has 0 saturated heterocycles. The summed E-state index contributed by atoms with van der Waals surface area (Å²) in [4.78, 5) is 14.8. The minimum Gasteiger partial charge on any atom is -0.380 e. The fourth-order valence-corrected chi connectivity index (χ4v) is 3.68. The van der Waals surface area contributed by atoms with Gasteiger partial charge in [-0.1, -0.05) is 61.5 Å². The summed E-state index contributed by atoms with van der Waals surface area (Å²) in [5, 5.41) is 7.18. The summed E-state index contributed by atoms with van der Waals surface area (Å²) >= 11 is 0. The average Bonchev–Trinajstić information content (AvgIpc) is 2.82. The highest BCUT2D eigenvalue weighted by Gasteiger charge is 2.32. The lowest BCUT2D eigenvalue weighted by Crippen LogP contribution is -2.32. The maximum Gasteiger partial charge on any atom is 0.230 e. The lowest BCUT2D eigenvalue weighted by Gasteiger charge is -2.30. The Morgan fingerprint density at radius 3 is 1.56 bits per heavy atom. The Morgan fingerprint density at radius 1 is 0.656 bits per heavy atom. The van der Waals surface area contributed by atoms with E-state index < -0.39 is 0 Å². The van der Waals surface area contributed by atoms with E-state index in [1.54, 1.807) is 0 Å². The van der Waals surface area contributed by atoms with Gasteiger partial charge in [0.1, 0.15) is 11.6 Å². The molecule has 32 heavy (non-hydrogen) atoms. The van der Waals surface area contributed by atoms with Crippen LogP contribution in [0.3, 0.4) is 0 Å². The van der Waals surface area contributed by atoms with Gasteiger partial charge in [0.25, 0.3) is 0 Å². The van der Waals surface area contributed by atoms with Crippen molar-refractivity contribution in [3.63, 3.8) is 0 Å². The van der Waals surface area contributed by atoms with E-state index in [9.17, 15) is 0 Å². The SMILES string of the molecule is CCC(C)(CC)Nc1cccc(Nc2nc(C(C)(CC)CC)nc(C(C)(CC)CC)n2)c1. The van der Waals surface area contributed by atoms with E-state index in [1.165, 1.54) is 0 Å². The molecule has 0 atom stereocenters. The van der Waals surface area contributed by atoms with E-state index in [0.717, 1.165) is 61.5 Å². The second-order valence-electron chi connectivity index (χ2n) is 9.94. The first-order valence-electron chi connectivity index (χ1n) is 12.5. The Bertz CT molecular complexity index is 828. The maximum absolute atomic E-state index is 5.02. The van der Waals surface area contributed by atoms with Gasteiger partial charge in [0, 0.05) is 27.7 Å². The van der Waals surface area contributed by atoms with Crippen LogP contribution >= 0.6 is 0 Å². The van der Waals surface area contributed by atoms with Crippen LogP contribution in [0.4, 0.5) is 17.3 Å². The van der Waals surface area contributed by atoms with E-state index in [1.807, 2.05) is 0 Å². The third-order valence-corrected chi connectivity index (χ3v) is 7.96. The molecule has 2 N–H and O–H groups in total. The zero-order valence-corrected chi connectivity index (χ0v) is 21.9. The van der Waals surface area contributed by atoms with Gasteiger partial charge < -0.3 is 10.6 Å². The first-order chi connectivity index (χ1) is 15.1. The van der Waals surface area contributed by atoms with Crippen LogP contribution in [-0.4, -0.2) is 20.5 Å². The van der Waals surface area contributed by atoms with Crippen LogP contribution in [0.15, 0.2) is 24.3 Å². The second-order valence-corrected chi connectivity index (χ2v) is 9.94. The summed E-state index contributed by atoms with van der Waals surface area (Å²) in [5.74, 6) is 2.42.